The third-order valence-electron chi connectivity index (χ3n) is 12.0. The Morgan fingerprint density at radius 1 is 0.884 bits per heavy atom. The molecule has 0 radical (unpaired) electrons. The zero-order chi connectivity index (χ0) is 49.4. The van der Waals surface area contributed by atoms with Gasteiger partial charge in [-0.05, 0) is 42.5 Å². The highest BCUT2D eigenvalue weighted by Crippen LogP contribution is 2.41. The highest BCUT2D eigenvalue weighted by Gasteiger charge is 2.45. The van der Waals surface area contributed by atoms with Crippen LogP contribution >= 0.6 is 0 Å². The van der Waals surface area contributed by atoms with Crippen LogP contribution in [0.25, 0.3) is 22.3 Å². The van der Waals surface area contributed by atoms with Gasteiger partial charge in [0, 0.05) is 54.1 Å². The SMILES string of the molecule is CC[C@@]1(O)C(=O)OCc2c1cc1n(c2=O)Cc2c-1nc1cc(F)c(N)cc1c2COCNC(=O)CNC(=O)C(Cc1ccccc1)NC(=O)CNC(=O)CNC(=O)CCCCCN1C(=O)C=CC1=O. The van der Waals surface area contributed by atoms with Crippen LogP contribution in [0.3, 0.4) is 0 Å². The fourth-order valence-corrected chi connectivity index (χ4v) is 8.20. The Morgan fingerprint density at radius 2 is 1.58 bits per heavy atom. The minimum Gasteiger partial charge on any atom is -0.458 e. The number of anilines is 1. The highest BCUT2D eigenvalue weighted by molar-refractivity contribution is 6.12. The molecule has 0 spiro atoms. The highest BCUT2D eigenvalue weighted by atomic mass is 19.1. The van der Waals surface area contributed by atoms with E-state index in [2.05, 4.69) is 31.6 Å². The number of benzene rings is 2. The molecular weight excluding hydrogens is 902 g/mol. The van der Waals surface area contributed by atoms with E-state index in [1.165, 1.54) is 28.9 Å². The summed E-state index contributed by atoms with van der Waals surface area (Å²) in [5, 5.41) is 24.1. The van der Waals surface area contributed by atoms with E-state index in [9.17, 15) is 52.6 Å². The molecule has 2 aromatic carbocycles. The van der Waals surface area contributed by atoms with Gasteiger partial charge < -0.3 is 51.5 Å². The van der Waals surface area contributed by atoms with E-state index in [-0.39, 0.29) is 86.4 Å². The number of nitrogen functional groups attached to an aromatic ring is 1. The summed E-state index contributed by atoms with van der Waals surface area (Å²) in [4.78, 5) is 119. The number of nitrogens with zero attached hydrogens (tertiary/aromatic N) is 3. The maximum atomic E-state index is 14.8. The number of nitrogens with two attached hydrogens (primary N) is 1. The molecule has 8 N–H and O–H groups in total. The molecule has 4 aromatic rings. The maximum Gasteiger partial charge on any atom is 0.343 e. The predicted molar refractivity (Wildman–Crippen MR) is 242 cm³/mol. The minimum atomic E-state index is -2.06. The first kappa shape index (κ1) is 49.1. The van der Waals surface area contributed by atoms with Gasteiger partial charge in [0.15, 0.2) is 5.60 Å². The van der Waals surface area contributed by atoms with Crippen molar-refractivity contribution in [3.8, 4) is 11.4 Å². The molecule has 0 fully saturated rings. The van der Waals surface area contributed by atoms with Crippen molar-refractivity contribution in [2.75, 3.05) is 38.6 Å². The molecular formula is C47H50FN9O12. The van der Waals surface area contributed by atoms with E-state index in [0.29, 0.717) is 52.7 Å². The van der Waals surface area contributed by atoms with Gasteiger partial charge >= 0.3 is 5.97 Å². The fraction of sp³-hybridized carbons (Fsp3) is 0.362. The van der Waals surface area contributed by atoms with E-state index in [1.807, 2.05) is 0 Å². The van der Waals surface area contributed by atoms with Crippen molar-refractivity contribution in [2.24, 2.45) is 0 Å². The van der Waals surface area contributed by atoms with Crippen LogP contribution < -0.4 is 37.9 Å². The summed E-state index contributed by atoms with van der Waals surface area (Å²) in [6.07, 6.45) is 4.05. The van der Waals surface area contributed by atoms with Gasteiger partial charge in [0.1, 0.15) is 25.2 Å². The summed E-state index contributed by atoms with van der Waals surface area (Å²) in [7, 11) is 0. The second kappa shape index (κ2) is 21.4. The fourth-order valence-electron chi connectivity index (χ4n) is 8.20. The molecule has 2 aromatic heterocycles. The second-order valence-electron chi connectivity index (χ2n) is 16.6. The number of aliphatic hydroxyl groups is 1. The van der Waals surface area contributed by atoms with Crippen LogP contribution in [0.1, 0.15) is 66.8 Å². The van der Waals surface area contributed by atoms with Crippen molar-refractivity contribution in [3.63, 3.8) is 0 Å². The Labute approximate surface area is 393 Å². The second-order valence-corrected chi connectivity index (χ2v) is 16.6. The molecule has 362 valence electrons. The summed E-state index contributed by atoms with van der Waals surface area (Å²) in [6.45, 7) is -0.464. The van der Waals surface area contributed by atoms with E-state index < -0.39 is 78.2 Å². The van der Waals surface area contributed by atoms with Crippen molar-refractivity contribution in [3.05, 3.63) is 105 Å². The molecule has 22 heteroatoms. The number of imide groups is 1. The summed E-state index contributed by atoms with van der Waals surface area (Å²) in [5.41, 5.74) is 5.93. The first-order valence-corrected chi connectivity index (χ1v) is 22.2. The van der Waals surface area contributed by atoms with Crippen molar-refractivity contribution >= 4 is 63.9 Å². The largest absolute Gasteiger partial charge is 0.458 e. The van der Waals surface area contributed by atoms with Gasteiger partial charge in [-0.3, -0.25) is 43.3 Å². The third-order valence-corrected chi connectivity index (χ3v) is 12.0. The molecule has 3 aliphatic rings. The van der Waals surface area contributed by atoms with Gasteiger partial charge in [-0.15, -0.1) is 0 Å². The Kier molecular flexibility index (Phi) is 15.2. The molecule has 0 saturated heterocycles. The van der Waals surface area contributed by atoms with Crippen LogP contribution in [-0.4, -0.2) is 106 Å². The number of nitrogens with one attached hydrogen (secondary N) is 5. The zero-order valence-electron chi connectivity index (χ0n) is 37.5. The molecule has 69 heavy (non-hydrogen) atoms. The standard InChI is InChI=1S/C47H50FN9O12/c1-2-47(67)31-17-36-43-28(22-57(36)45(65)30(31)24-69-46(47)66)29(27-16-33(49)32(48)18-34(27)55-43)23-68-25-53-39(60)20-52-44(64)35(15-26-9-5-3-6-10-26)54-40(61)21-51-38(59)19-50-37(58)11-7-4-8-14-56-41(62)12-13-42(56)63/h3,5-6,9-10,12-13,16-18,35,67H,2,4,7-8,11,14-15,19-25,49H2,1H3,(H,50,58)(H,51,59)(H,52,64)(H,53,60)(H,54,61)/t35?,47-/m0/s1. The summed E-state index contributed by atoms with van der Waals surface area (Å²) in [6, 6.07) is 11.6. The van der Waals surface area contributed by atoms with Gasteiger partial charge in [0.05, 0.1) is 60.9 Å². The number of rotatable bonds is 21. The molecule has 5 heterocycles. The van der Waals surface area contributed by atoms with E-state index >= 15 is 0 Å². The van der Waals surface area contributed by atoms with Crippen molar-refractivity contribution in [1.29, 1.82) is 0 Å². The van der Waals surface area contributed by atoms with Crippen molar-refractivity contribution in [1.82, 2.24) is 41.0 Å². The lowest BCUT2D eigenvalue weighted by atomic mass is 9.86. The number of fused-ring (bicyclic) bond motifs is 5. The monoisotopic (exact) mass is 951 g/mol. The molecule has 7 amide bonds. The Hall–Kier alpha value is -7.85. The van der Waals surface area contributed by atoms with Crippen molar-refractivity contribution in [2.45, 2.75) is 76.9 Å². The molecule has 7 rings (SSSR count). The van der Waals surface area contributed by atoms with E-state index in [4.69, 9.17) is 15.2 Å². The lowest BCUT2D eigenvalue weighted by molar-refractivity contribution is -0.172. The Balaban J connectivity index is 0.900. The predicted octanol–water partition coefficient (Wildman–Crippen LogP) is -0.0473. The smallest absolute Gasteiger partial charge is 0.343 e. The number of pyridine rings is 2. The number of ether oxygens (including phenoxy) is 2. The molecule has 3 aliphatic heterocycles. The molecule has 0 aliphatic carbocycles. The third kappa shape index (κ3) is 11.1. The number of hydrogen-bond donors (Lipinski definition) is 7. The molecule has 0 bridgehead atoms. The Morgan fingerprint density at radius 3 is 2.32 bits per heavy atom. The summed E-state index contributed by atoms with van der Waals surface area (Å²) in [5.74, 6) is -5.49. The van der Waals surface area contributed by atoms with Crippen LogP contribution in [0.5, 0.6) is 0 Å². The summed E-state index contributed by atoms with van der Waals surface area (Å²) >= 11 is 0. The molecule has 0 saturated carbocycles. The average molecular weight is 952 g/mol. The number of aromatic nitrogens is 2. The lowest BCUT2D eigenvalue weighted by Gasteiger charge is -2.31. The van der Waals surface area contributed by atoms with Gasteiger partial charge in [0.25, 0.3) is 17.4 Å². The van der Waals surface area contributed by atoms with Crippen molar-refractivity contribution < 1.29 is 57.3 Å². The molecule has 2 atom stereocenters. The normalized spacial score (nSPS) is 16.0. The first-order valence-electron chi connectivity index (χ1n) is 22.2. The van der Waals surface area contributed by atoms with Gasteiger partial charge in [-0.25, -0.2) is 14.2 Å². The zero-order valence-corrected chi connectivity index (χ0v) is 37.5. The molecule has 21 nitrogen and oxygen atoms in total. The average Bonchev–Trinajstić information content (AvgIpc) is 3.87. The minimum absolute atomic E-state index is 0.00915. The number of cyclic esters (lactones) is 1. The van der Waals surface area contributed by atoms with E-state index in [0.717, 1.165) is 11.0 Å². The number of carbonyl (C=O) groups excluding carboxylic acids is 8. The van der Waals surface area contributed by atoms with Crippen LogP contribution in [0, 0.1) is 5.82 Å². The summed E-state index contributed by atoms with van der Waals surface area (Å²) < 4.78 is 27.2. The van der Waals surface area contributed by atoms with Crippen LogP contribution in [0.2, 0.25) is 0 Å². The topological polar surface area (TPSA) is 300 Å². The quantitative estimate of drug-likeness (QED) is 0.0167. The Bertz CT molecular complexity index is 2820. The maximum absolute atomic E-state index is 14.8. The van der Waals surface area contributed by atoms with Gasteiger partial charge in [0.2, 0.25) is 29.5 Å². The van der Waals surface area contributed by atoms with Crippen LogP contribution in [0.15, 0.2) is 65.5 Å². The number of esters is 1. The molecule has 1 unspecified atom stereocenters. The number of carbonyl (C=O) groups is 8. The van der Waals surface area contributed by atoms with Gasteiger partial charge in [-0.1, -0.05) is 43.7 Å². The van der Waals surface area contributed by atoms with E-state index in [1.54, 1.807) is 37.3 Å². The lowest BCUT2D eigenvalue weighted by Crippen LogP contribution is -2.52. The number of halogens is 1. The van der Waals surface area contributed by atoms with Gasteiger partial charge in [-0.2, -0.15) is 0 Å². The first-order chi connectivity index (χ1) is 33.1. The number of hydrogen-bond acceptors (Lipinski definition) is 14. The number of amides is 7. The van der Waals surface area contributed by atoms with Crippen LogP contribution in [-0.2, 0) is 79.6 Å². The number of unbranched alkanes of at least 4 members (excludes halogenated alkanes) is 2. The van der Waals surface area contributed by atoms with Crippen LogP contribution in [0.4, 0.5) is 10.1 Å².